The van der Waals surface area contributed by atoms with Crippen LogP contribution in [0.2, 0.25) is 0 Å². The van der Waals surface area contributed by atoms with E-state index in [0.717, 1.165) is 38.6 Å². The van der Waals surface area contributed by atoms with Crippen molar-refractivity contribution in [1.82, 2.24) is 16.0 Å². The molecular formula is C45H73N5O9. The van der Waals surface area contributed by atoms with Crippen molar-refractivity contribution in [3.63, 3.8) is 0 Å². The van der Waals surface area contributed by atoms with Crippen LogP contribution in [0.4, 0.5) is 0 Å². The standard InChI is InChI=1S/C45H73N5O9/c1-4-26(12-15-48-3)43(56)58-34-21-32-40(55)37-33(54)20-31(23-51)57-42(37)38-39(27-13-16-49-36(47)18-27)45(24-52,29-7-5-9-30(53)19-29)14-6-8-28(44(34,2)59-41(32)38)17-25-10-11-35(46)50-22-25/h4,25,27-32,34-42,48-53,55H,5,7-13,15-24,46-47H2,1-3H3/t25?,27?,28-,29?,30?,31?,32?,34+,35?,36?,37?,38?,39?,40?,41?,42?,44+,45+/m1/s1. The number of Topliss-reactive ketones (excluding diaryl/α,β-unsaturated/α-hetero) is 1. The van der Waals surface area contributed by atoms with Gasteiger partial charge in [0.15, 0.2) is 0 Å². The van der Waals surface area contributed by atoms with E-state index in [1.54, 1.807) is 6.08 Å². The number of ketones is 1. The Bertz CT molecular complexity index is 1560. The molecule has 0 aromatic heterocycles. The fraction of sp³-hybridized carbons (Fsp3) is 0.867. The number of carbonyl (C=O) groups is 2. The average molecular weight is 828 g/mol. The van der Waals surface area contributed by atoms with Gasteiger partial charge in [-0.15, -0.1) is 5.92 Å². The highest BCUT2D eigenvalue weighted by Crippen LogP contribution is 2.60. The first-order valence-electron chi connectivity index (χ1n) is 22.8. The van der Waals surface area contributed by atoms with E-state index < -0.39 is 77.3 Å². The highest BCUT2D eigenvalue weighted by molar-refractivity contribution is 5.88. The number of rotatable bonds is 11. The van der Waals surface area contributed by atoms with Crippen molar-refractivity contribution in [1.29, 1.82) is 0 Å². The van der Waals surface area contributed by atoms with Crippen LogP contribution in [-0.4, -0.2) is 127 Å². The second-order valence-corrected chi connectivity index (χ2v) is 19.4. The summed E-state index contributed by atoms with van der Waals surface area (Å²) < 4.78 is 21.1. The molecule has 4 saturated heterocycles. The van der Waals surface area contributed by atoms with E-state index in [9.17, 15) is 30.0 Å². The molecule has 6 fully saturated rings. The predicted molar refractivity (Wildman–Crippen MR) is 221 cm³/mol. The van der Waals surface area contributed by atoms with Crippen molar-refractivity contribution in [2.24, 2.45) is 64.2 Å². The minimum absolute atomic E-state index is 0.0320. The topological polar surface area (TPSA) is 231 Å². The number of esters is 1. The summed E-state index contributed by atoms with van der Waals surface area (Å²) >= 11 is 0. The molecule has 5 aliphatic heterocycles. The van der Waals surface area contributed by atoms with Gasteiger partial charge >= 0.3 is 5.97 Å². The molecule has 0 radical (unpaired) electrons. The highest BCUT2D eigenvalue weighted by atomic mass is 16.6. The summed E-state index contributed by atoms with van der Waals surface area (Å²) in [6.45, 7) is 5.24. The van der Waals surface area contributed by atoms with E-state index >= 15 is 0 Å². The Labute approximate surface area is 350 Å². The van der Waals surface area contributed by atoms with E-state index in [2.05, 4.69) is 27.8 Å². The lowest BCUT2D eigenvalue weighted by Crippen LogP contribution is -2.72. The van der Waals surface area contributed by atoms with Gasteiger partial charge in [-0.3, -0.25) is 4.79 Å². The van der Waals surface area contributed by atoms with E-state index in [1.807, 2.05) is 20.9 Å². The number of fused-ring (bicyclic) bond motifs is 3. The molecule has 7 aliphatic rings. The smallest absolute Gasteiger partial charge is 0.334 e. The number of nitrogens with one attached hydrogen (secondary N) is 3. The second-order valence-electron chi connectivity index (χ2n) is 19.4. The first-order chi connectivity index (χ1) is 28.4. The molecule has 5 heterocycles. The molecule has 14 unspecified atom stereocenters. The Morgan fingerprint density at radius 2 is 1.88 bits per heavy atom. The van der Waals surface area contributed by atoms with Crippen LogP contribution in [0.15, 0.2) is 11.6 Å². The molecule has 0 spiro atoms. The lowest BCUT2D eigenvalue weighted by Gasteiger charge is -2.63. The zero-order chi connectivity index (χ0) is 42.1. The van der Waals surface area contributed by atoms with E-state index in [-0.39, 0.29) is 67.8 Å². The SMILES string of the molecule is CC=C(CCNC)C(=O)O[C@H]1CC2C(O)C3C(=O)CC(CO)OC3C3C2O[C@@]1(C)[C@@H](CC1CCC(N)NC1)CC#C[C@](CO)(C1CCCC(O)C1)C3C1CCNC(N)C1. The van der Waals surface area contributed by atoms with Crippen LogP contribution in [0, 0.1) is 64.6 Å². The minimum atomic E-state index is -1.17. The summed E-state index contributed by atoms with van der Waals surface area (Å²) in [5.41, 5.74) is 11.4. The first-order valence-corrected chi connectivity index (χ1v) is 22.8. The van der Waals surface area contributed by atoms with Gasteiger partial charge in [0.2, 0.25) is 0 Å². The largest absolute Gasteiger partial charge is 0.456 e. The number of nitrogens with two attached hydrogens (primary N) is 2. The van der Waals surface area contributed by atoms with Gasteiger partial charge in [-0.1, -0.05) is 18.4 Å². The fourth-order valence-corrected chi connectivity index (χ4v) is 12.9. The van der Waals surface area contributed by atoms with Gasteiger partial charge in [-0.25, -0.2) is 4.79 Å². The number of allylic oxidation sites excluding steroid dienone is 1. The van der Waals surface area contributed by atoms with Crippen molar-refractivity contribution in [3.05, 3.63) is 11.6 Å². The zero-order valence-corrected chi connectivity index (χ0v) is 35.5. The zero-order valence-electron chi connectivity index (χ0n) is 35.5. The molecule has 0 aromatic carbocycles. The number of hydrogen-bond donors (Lipinski definition) is 9. The summed E-state index contributed by atoms with van der Waals surface area (Å²) in [4.78, 5) is 28.5. The van der Waals surface area contributed by atoms with Gasteiger partial charge < -0.3 is 62.1 Å². The molecule has 14 nitrogen and oxygen atoms in total. The second kappa shape index (κ2) is 19.2. The van der Waals surface area contributed by atoms with Crippen LogP contribution >= 0.6 is 0 Å². The quantitative estimate of drug-likeness (QED) is 0.0807. The van der Waals surface area contributed by atoms with E-state index in [0.29, 0.717) is 57.2 Å². The monoisotopic (exact) mass is 828 g/mol. The van der Waals surface area contributed by atoms with Gasteiger partial charge in [0, 0.05) is 36.2 Å². The van der Waals surface area contributed by atoms with Gasteiger partial charge in [-0.2, -0.15) is 0 Å². The Kier molecular flexibility index (Phi) is 14.6. The number of aliphatic hydroxyl groups is 4. The normalized spacial score (nSPS) is 46.7. The number of hydrogen-bond acceptors (Lipinski definition) is 14. The van der Waals surface area contributed by atoms with Gasteiger partial charge in [0.25, 0.3) is 0 Å². The summed E-state index contributed by atoms with van der Waals surface area (Å²) in [7, 11) is 1.84. The number of aliphatic hydroxyl groups excluding tert-OH is 4. The molecule has 14 heteroatoms. The Balaban J connectivity index is 1.43. The Morgan fingerprint density at radius 3 is 2.56 bits per heavy atom. The maximum atomic E-state index is 14.3. The van der Waals surface area contributed by atoms with Crippen molar-refractivity contribution in [2.45, 2.75) is 152 Å². The van der Waals surface area contributed by atoms with Gasteiger partial charge in [0.05, 0.1) is 67.4 Å². The van der Waals surface area contributed by atoms with Crippen molar-refractivity contribution in [3.8, 4) is 11.8 Å². The third-order valence-electron chi connectivity index (χ3n) is 16.0. The summed E-state index contributed by atoms with van der Waals surface area (Å²) in [5.74, 6) is 4.11. The first kappa shape index (κ1) is 45.0. The molecule has 11 N–H and O–H groups in total. The molecule has 7 rings (SSSR count). The third kappa shape index (κ3) is 8.96. The van der Waals surface area contributed by atoms with Crippen molar-refractivity contribution in [2.75, 3.05) is 39.9 Å². The van der Waals surface area contributed by atoms with Crippen LogP contribution in [0.3, 0.4) is 0 Å². The number of carbonyl (C=O) groups excluding carboxylic acids is 2. The van der Waals surface area contributed by atoms with Crippen molar-refractivity contribution < 1.29 is 44.2 Å². The molecular weight excluding hydrogens is 755 g/mol. The molecule has 2 aliphatic carbocycles. The minimum Gasteiger partial charge on any atom is -0.456 e. The molecule has 332 valence electrons. The predicted octanol–water partition coefficient (Wildman–Crippen LogP) is 1.07. The Hall–Kier alpha value is -2.00. The third-order valence-corrected chi connectivity index (χ3v) is 16.0. The molecule has 2 saturated carbocycles. The van der Waals surface area contributed by atoms with Crippen LogP contribution in [0.1, 0.15) is 97.3 Å². The van der Waals surface area contributed by atoms with Crippen LogP contribution < -0.4 is 27.4 Å². The fourth-order valence-electron chi connectivity index (χ4n) is 12.9. The van der Waals surface area contributed by atoms with Gasteiger partial charge in [0.1, 0.15) is 17.5 Å². The van der Waals surface area contributed by atoms with Crippen LogP contribution in [0.5, 0.6) is 0 Å². The molecule has 2 bridgehead atoms. The molecule has 59 heavy (non-hydrogen) atoms. The van der Waals surface area contributed by atoms with Crippen molar-refractivity contribution >= 4 is 11.8 Å². The van der Waals surface area contributed by atoms with E-state index in [4.69, 9.17) is 25.7 Å². The average Bonchev–Trinajstić information content (AvgIpc) is 3.22. The molecule has 18 atom stereocenters. The number of ether oxygens (including phenoxy) is 3. The Morgan fingerprint density at radius 1 is 1.07 bits per heavy atom. The maximum Gasteiger partial charge on any atom is 0.334 e. The van der Waals surface area contributed by atoms with E-state index in [1.165, 1.54) is 0 Å². The molecule has 0 amide bonds. The van der Waals surface area contributed by atoms with Crippen LogP contribution in [0.25, 0.3) is 0 Å². The summed E-state index contributed by atoms with van der Waals surface area (Å²) in [6, 6.07) is 0. The molecule has 0 aromatic rings. The summed E-state index contributed by atoms with van der Waals surface area (Å²) in [6.07, 6.45) is 4.27. The lowest BCUT2D eigenvalue weighted by molar-refractivity contribution is -0.308. The van der Waals surface area contributed by atoms with Gasteiger partial charge in [-0.05, 0) is 128 Å². The summed E-state index contributed by atoms with van der Waals surface area (Å²) in [5, 5.41) is 56.3. The highest BCUT2D eigenvalue weighted by Gasteiger charge is 2.67. The van der Waals surface area contributed by atoms with Crippen LogP contribution in [-0.2, 0) is 23.8 Å². The maximum absolute atomic E-state index is 14.3. The number of piperidine rings is 2. The lowest BCUT2D eigenvalue weighted by atomic mass is 9.48.